The number of ketones is 1. The smallest absolute Gasteiger partial charge is 0.289 e. The van der Waals surface area contributed by atoms with Gasteiger partial charge in [0.15, 0.2) is 5.78 Å². The van der Waals surface area contributed by atoms with Crippen LogP contribution in [0, 0.1) is 13.8 Å². The number of benzene rings is 3. The summed E-state index contributed by atoms with van der Waals surface area (Å²) in [6, 6.07) is 18.4. The summed E-state index contributed by atoms with van der Waals surface area (Å²) in [5.41, 5.74) is 2.76. The van der Waals surface area contributed by atoms with Gasteiger partial charge in [-0.15, -0.1) is 0 Å². The van der Waals surface area contributed by atoms with E-state index in [0.717, 1.165) is 17.2 Å². The molecule has 1 aromatic heterocycles. The number of rotatable bonds is 3. The van der Waals surface area contributed by atoms with Gasteiger partial charge in [-0.3, -0.25) is 9.78 Å². The van der Waals surface area contributed by atoms with Gasteiger partial charge in [-0.25, -0.2) is 0 Å². The summed E-state index contributed by atoms with van der Waals surface area (Å²) in [5.74, 6) is -0.266. The Hall–Kier alpha value is -3.47. The molecule has 1 heterocycles. The van der Waals surface area contributed by atoms with Crippen LogP contribution in [0.25, 0.3) is 22.0 Å². The van der Waals surface area contributed by atoms with Crippen molar-refractivity contribution in [2.45, 2.75) is 20.0 Å². The first-order chi connectivity index (χ1) is 14.3. The fourth-order valence-corrected chi connectivity index (χ4v) is 3.75. The van der Waals surface area contributed by atoms with Gasteiger partial charge < -0.3 is 0 Å². The Balaban J connectivity index is 2.04. The number of fused-ring (bicyclic) bond motifs is 1. The van der Waals surface area contributed by atoms with E-state index in [-0.39, 0.29) is 16.9 Å². The molecule has 0 atom stereocenters. The number of nitrogens with zero attached hydrogens (tertiary/aromatic N) is 1. The van der Waals surface area contributed by atoms with Crippen LogP contribution in [-0.2, 0) is 6.18 Å². The highest BCUT2D eigenvalue weighted by Gasteiger charge is 2.34. The molecule has 0 radical (unpaired) electrons. The number of halogens is 3. The number of carbonyl (C=O) groups excluding carboxylic acids is 1. The number of hydrogen-bond donors (Lipinski definition) is 0. The highest BCUT2D eigenvalue weighted by molar-refractivity contribution is 6.17. The van der Waals surface area contributed by atoms with Gasteiger partial charge in [0.1, 0.15) is 0 Å². The minimum atomic E-state index is -4.54. The average molecular weight is 405 g/mol. The van der Waals surface area contributed by atoms with E-state index in [1.54, 1.807) is 36.4 Å². The molecule has 0 spiro atoms. The second-order valence-electron chi connectivity index (χ2n) is 7.26. The van der Waals surface area contributed by atoms with Crippen molar-refractivity contribution in [3.8, 4) is 11.1 Å². The molecule has 4 rings (SSSR count). The lowest BCUT2D eigenvalue weighted by molar-refractivity contribution is -0.136. The lowest BCUT2D eigenvalue weighted by Crippen LogP contribution is -2.10. The minimum absolute atomic E-state index is 0.166. The zero-order valence-electron chi connectivity index (χ0n) is 16.4. The molecule has 150 valence electrons. The Labute approximate surface area is 172 Å². The van der Waals surface area contributed by atoms with Gasteiger partial charge >= 0.3 is 6.18 Å². The van der Waals surface area contributed by atoms with Crippen molar-refractivity contribution in [3.63, 3.8) is 0 Å². The second kappa shape index (κ2) is 7.41. The largest absolute Gasteiger partial charge is 0.418 e. The van der Waals surface area contributed by atoms with Crippen LogP contribution in [0.4, 0.5) is 13.2 Å². The number of pyridine rings is 1. The SMILES string of the molecule is Cc1ccc(C(=O)c2cnc3c(C(F)(F)F)cccc3c2-c2ccccc2)c(C)c1. The van der Waals surface area contributed by atoms with Crippen LogP contribution < -0.4 is 0 Å². The number of para-hydroxylation sites is 1. The first kappa shape index (κ1) is 19.8. The van der Waals surface area contributed by atoms with Gasteiger partial charge in [-0.1, -0.05) is 66.2 Å². The van der Waals surface area contributed by atoms with E-state index in [0.29, 0.717) is 22.1 Å². The molecule has 0 aliphatic carbocycles. The summed E-state index contributed by atoms with van der Waals surface area (Å²) < 4.78 is 40.7. The van der Waals surface area contributed by atoms with Crippen LogP contribution in [0.1, 0.15) is 32.6 Å². The minimum Gasteiger partial charge on any atom is -0.289 e. The summed E-state index contributed by atoms with van der Waals surface area (Å²) >= 11 is 0. The third-order valence-corrected chi connectivity index (χ3v) is 5.14. The quantitative estimate of drug-likeness (QED) is 0.352. The van der Waals surface area contributed by atoms with Crippen molar-refractivity contribution in [2.24, 2.45) is 0 Å². The normalized spacial score (nSPS) is 11.6. The molecule has 4 aromatic rings. The van der Waals surface area contributed by atoms with E-state index in [4.69, 9.17) is 0 Å². The van der Waals surface area contributed by atoms with Gasteiger partial charge in [-0.2, -0.15) is 13.2 Å². The van der Waals surface area contributed by atoms with Gasteiger partial charge in [0, 0.05) is 28.3 Å². The standard InChI is InChI=1S/C25H18F3NO/c1-15-11-12-18(16(2)13-15)24(30)20-14-29-23-19(9-6-10-21(23)25(26,27)28)22(20)17-7-4-3-5-8-17/h3-14H,1-2H3. The topological polar surface area (TPSA) is 30.0 Å². The summed E-state index contributed by atoms with van der Waals surface area (Å²) in [5, 5.41) is 0.298. The molecule has 0 saturated carbocycles. The Morgan fingerprint density at radius 1 is 0.867 bits per heavy atom. The molecule has 2 nitrogen and oxygen atoms in total. The predicted octanol–water partition coefficient (Wildman–Crippen LogP) is 6.77. The molecule has 0 amide bonds. The lowest BCUT2D eigenvalue weighted by atomic mass is 9.90. The average Bonchev–Trinajstić information content (AvgIpc) is 2.72. The van der Waals surface area contributed by atoms with E-state index < -0.39 is 11.7 Å². The number of hydrogen-bond acceptors (Lipinski definition) is 2. The molecular weight excluding hydrogens is 387 g/mol. The van der Waals surface area contributed by atoms with Crippen LogP contribution in [-0.4, -0.2) is 10.8 Å². The molecule has 0 fully saturated rings. The maximum absolute atomic E-state index is 13.6. The summed E-state index contributed by atoms with van der Waals surface area (Å²) in [6.07, 6.45) is -3.28. The van der Waals surface area contributed by atoms with Crippen LogP contribution in [0.3, 0.4) is 0 Å². The third kappa shape index (κ3) is 3.47. The summed E-state index contributed by atoms with van der Waals surface area (Å²) in [6.45, 7) is 3.78. The summed E-state index contributed by atoms with van der Waals surface area (Å²) in [7, 11) is 0. The maximum atomic E-state index is 13.6. The number of carbonyl (C=O) groups is 1. The van der Waals surface area contributed by atoms with Crippen LogP contribution in [0.15, 0.2) is 72.9 Å². The Kier molecular flexibility index (Phi) is 4.90. The van der Waals surface area contributed by atoms with Gasteiger partial charge in [0.2, 0.25) is 0 Å². The van der Waals surface area contributed by atoms with E-state index in [2.05, 4.69) is 4.98 Å². The van der Waals surface area contributed by atoms with E-state index >= 15 is 0 Å². The number of aryl methyl sites for hydroxylation is 2. The predicted molar refractivity (Wildman–Crippen MR) is 112 cm³/mol. The van der Waals surface area contributed by atoms with Gasteiger partial charge in [0.25, 0.3) is 0 Å². The maximum Gasteiger partial charge on any atom is 0.418 e. The van der Waals surface area contributed by atoms with Crippen LogP contribution in [0.2, 0.25) is 0 Å². The molecule has 0 aliphatic heterocycles. The molecule has 30 heavy (non-hydrogen) atoms. The van der Waals surface area contributed by atoms with Crippen molar-refractivity contribution in [3.05, 3.63) is 101 Å². The fraction of sp³-hybridized carbons (Fsp3) is 0.120. The third-order valence-electron chi connectivity index (χ3n) is 5.14. The molecule has 0 aliphatic rings. The molecule has 0 unspecified atom stereocenters. The Morgan fingerprint density at radius 2 is 1.60 bits per heavy atom. The first-order valence-electron chi connectivity index (χ1n) is 9.43. The number of aromatic nitrogens is 1. The Bertz CT molecular complexity index is 1260. The zero-order chi connectivity index (χ0) is 21.5. The molecular formula is C25H18F3NO. The van der Waals surface area contributed by atoms with Crippen molar-refractivity contribution >= 4 is 16.7 Å². The van der Waals surface area contributed by atoms with E-state index in [1.165, 1.54) is 12.3 Å². The number of alkyl halides is 3. The highest BCUT2D eigenvalue weighted by Crippen LogP contribution is 2.39. The van der Waals surface area contributed by atoms with Gasteiger partial charge in [-0.05, 0) is 31.0 Å². The molecule has 3 aromatic carbocycles. The fourth-order valence-electron chi connectivity index (χ4n) is 3.75. The van der Waals surface area contributed by atoms with Crippen molar-refractivity contribution < 1.29 is 18.0 Å². The highest BCUT2D eigenvalue weighted by atomic mass is 19.4. The monoisotopic (exact) mass is 405 g/mol. The van der Waals surface area contributed by atoms with Crippen LogP contribution in [0.5, 0.6) is 0 Å². The first-order valence-corrected chi connectivity index (χ1v) is 9.43. The molecule has 0 bridgehead atoms. The molecule has 5 heteroatoms. The van der Waals surface area contributed by atoms with E-state index in [1.807, 2.05) is 32.0 Å². The van der Waals surface area contributed by atoms with Crippen LogP contribution >= 0.6 is 0 Å². The Morgan fingerprint density at radius 3 is 2.27 bits per heavy atom. The van der Waals surface area contributed by atoms with Gasteiger partial charge in [0.05, 0.1) is 11.1 Å². The van der Waals surface area contributed by atoms with Crippen molar-refractivity contribution in [2.75, 3.05) is 0 Å². The zero-order valence-corrected chi connectivity index (χ0v) is 16.4. The van der Waals surface area contributed by atoms with E-state index in [9.17, 15) is 18.0 Å². The van der Waals surface area contributed by atoms with Crippen molar-refractivity contribution in [1.82, 2.24) is 4.98 Å². The molecule has 0 saturated heterocycles. The lowest BCUT2D eigenvalue weighted by Gasteiger charge is -2.16. The second-order valence-corrected chi connectivity index (χ2v) is 7.26. The summed E-state index contributed by atoms with van der Waals surface area (Å²) in [4.78, 5) is 17.5. The van der Waals surface area contributed by atoms with Crippen molar-refractivity contribution in [1.29, 1.82) is 0 Å². The molecule has 0 N–H and O–H groups in total.